The van der Waals surface area contributed by atoms with Crippen LogP contribution in [0.5, 0.6) is 0 Å². The minimum absolute atomic E-state index is 0.671. The van der Waals surface area contributed by atoms with E-state index in [0.29, 0.717) is 5.88 Å². The maximum Gasteiger partial charge on any atom is 0.0827 e. The Morgan fingerprint density at radius 2 is 2.38 bits per heavy atom. The van der Waals surface area contributed by atoms with Gasteiger partial charge in [-0.15, -0.1) is 28.0 Å². The molecule has 0 spiro atoms. The molecule has 2 heterocycles. The van der Waals surface area contributed by atoms with Crippen LogP contribution in [0.15, 0.2) is 22.1 Å². The fraction of sp³-hybridized carbons (Fsp3) is 0.400. The van der Waals surface area contributed by atoms with Gasteiger partial charge < -0.3 is 0 Å². The minimum atomic E-state index is 0.671. The molecule has 0 saturated carbocycles. The van der Waals surface area contributed by atoms with Gasteiger partial charge in [-0.25, -0.2) is 4.68 Å². The van der Waals surface area contributed by atoms with Crippen LogP contribution in [0.1, 0.15) is 17.0 Å². The maximum atomic E-state index is 5.63. The van der Waals surface area contributed by atoms with E-state index in [4.69, 9.17) is 11.6 Å². The lowest BCUT2D eigenvalue weighted by Gasteiger charge is -1.95. The van der Waals surface area contributed by atoms with Gasteiger partial charge in [-0.05, 0) is 34.8 Å². The van der Waals surface area contributed by atoms with Crippen molar-refractivity contribution >= 4 is 38.9 Å². The first-order valence-corrected chi connectivity index (χ1v) is 7.16. The number of halogens is 2. The van der Waals surface area contributed by atoms with Gasteiger partial charge in [-0.2, -0.15) is 0 Å². The Morgan fingerprint density at radius 3 is 3.06 bits per heavy atom. The lowest BCUT2D eigenvalue weighted by atomic mass is 10.3. The lowest BCUT2D eigenvalue weighted by molar-refractivity contribution is 0.655. The summed E-state index contributed by atoms with van der Waals surface area (Å²) in [5.41, 5.74) is 1.01. The third-order valence-electron chi connectivity index (χ3n) is 2.09. The molecule has 0 atom stereocenters. The molecular weight excluding hydrogens is 310 g/mol. The Bertz CT molecular complexity index is 454. The number of hydrogen-bond acceptors (Lipinski definition) is 3. The summed E-state index contributed by atoms with van der Waals surface area (Å²) < 4.78 is 2.98. The first-order valence-electron chi connectivity index (χ1n) is 4.96. The highest BCUT2D eigenvalue weighted by atomic mass is 79.9. The normalized spacial score (nSPS) is 10.9. The Kier molecular flexibility index (Phi) is 4.37. The van der Waals surface area contributed by atoms with Crippen molar-refractivity contribution in [2.75, 3.05) is 5.88 Å². The third-order valence-corrected chi connectivity index (χ3v) is 4.04. The van der Waals surface area contributed by atoms with Gasteiger partial charge in [0.15, 0.2) is 0 Å². The zero-order valence-corrected chi connectivity index (χ0v) is 11.7. The van der Waals surface area contributed by atoms with E-state index in [1.807, 2.05) is 10.9 Å². The molecule has 0 aliphatic carbocycles. The number of nitrogens with zero attached hydrogens (tertiary/aromatic N) is 3. The highest BCUT2D eigenvalue weighted by Crippen LogP contribution is 2.20. The second-order valence-electron chi connectivity index (χ2n) is 3.43. The number of alkyl halides is 1. The molecule has 0 amide bonds. The molecule has 3 nitrogen and oxygen atoms in total. The van der Waals surface area contributed by atoms with E-state index in [-0.39, 0.29) is 0 Å². The summed E-state index contributed by atoms with van der Waals surface area (Å²) in [5.74, 6) is 0.671. The van der Waals surface area contributed by atoms with Crippen LogP contribution in [0.3, 0.4) is 0 Å². The molecule has 6 heteroatoms. The summed E-state index contributed by atoms with van der Waals surface area (Å²) in [5, 5.41) is 10.3. The van der Waals surface area contributed by atoms with Crippen LogP contribution in [0.4, 0.5) is 0 Å². The molecule has 2 aromatic heterocycles. The first-order chi connectivity index (χ1) is 7.78. The van der Waals surface area contributed by atoms with Crippen molar-refractivity contribution in [3.63, 3.8) is 0 Å². The van der Waals surface area contributed by atoms with E-state index >= 15 is 0 Å². The Hall–Kier alpha value is -0.390. The van der Waals surface area contributed by atoms with Crippen molar-refractivity contribution in [1.82, 2.24) is 15.0 Å². The van der Waals surface area contributed by atoms with E-state index in [1.165, 1.54) is 4.88 Å². The highest BCUT2D eigenvalue weighted by molar-refractivity contribution is 9.10. The van der Waals surface area contributed by atoms with Crippen LogP contribution in [0, 0.1) is 0 Å². The van der Waals surface area contributed by atoms with Crippen molar-refractivity contribution in [3.05, 3.63) is 32.7 Å². The molecule has 86 valence electrons. The van der Waals surface area contributed by atoms with E-state index in [1.54, 1.807) is 11.3 Å². The molecule has 2 rings (SSSR count). The number of rotatable bonds is 5. The fourth-order valence-electron chi connectivity index (χ4n) is 1.37. The average Bonchev–Trinajstić information content (AvgIpc) is 2.86. The van der Waals surface area contributed by atoms with Crippen molar-refractivity contribution < 1.29 is 0 Å². The fourth-order valence-corrected chi connectivity index (χ4v) is 2.95. The molecule has 0 aliphatic heterocycles. The molecule has 2 aromatic rings. The standard InChI is InChI=1S/C10H11BrClN3S/c11-8-4-10(16-7-8)6-15-5-9(13-14-15)2-1-3-12/h4-5,7H,1-3,6H2. The lowest BCUT2D eigenvalue weighted by Crippen LogP contribution is -1.98. The van der Waals surface area contributed by atoms with Gasteiger partial charge in [0.05, 0.1) is 12.2 Å². The van der Waals surface area contributed by atoms with Gasteiger partial charge in [0, 0.05) is 26.8 Å². The molecule has 16 heavy (non-hydrogen) atoms. The molecule has 0 fully saturated rings. The summed E-state index contributed by atoms with van der Waals surface area (Å²) in [6, 6.07) is 2.10. The van der Waals surface area contributed by atoms with Gasteiger partial charge in [0.1, 0.15) is 0 Å². The van der Waals surface area contributed by atoms with Gasteiger partial charge in [0.25, 0.3) is 0 Å². The largest absolute Gasteiger partial charge is 0.247 e. The summed E-state index contributed by atoms with van der Waals surface area (Å²) in [6.45, 7) is 0.782. The average molecular weight is 321 g/mol. The quantitative estimate of drug-likeness (QED) is 0.791. The van der Waals surface area contributed by atoms with E-state index in [0.717, 1.165) is 29.6 Å². The summed E-state index contributed by atoms with van der Waals surface area (Å²) in [7, 11) is 0. The molecule has 0 N–H and O–H groups in total. The monoisotopic (exact) mass is 319 g/mol. The summed E-state index contributed by atoms with van der Waals surface area (Å²) in [6.07, 6.45) is 3.84. The Balaban J connectivity index is 1.97. The number of aryl methyl sites for hydroxylation is 1. The maximum absolute atomic E-state index is 5.63. The predicted molar refractivity (Wildman–Crippen MR) is 70.2 cm³/mol. The molecule has 0 saturated heterocycles. The van der Waals surface area contributed by atoms with E-state index < -0.39 is 0 Å². The van der Waals surface area contributed by atoms with Crippen molar-refractivity contribution in [2.45, 2.75) is 19.4 Å². The second kappa shape index (κ2) is 5.80. The van der Waals surface area contributed by atoms with Gasteiger partial charge in [-0.1, -0.05) is 5.21 Å². The van der Waals surface area contributed by atoms with Crippen LogP contribution in [0.2, 0.25) is 0 Å². The van der Waals surface area contributed by atoms with Gasteiger partial charge in [-0.3, -0.25) is 0 Å². The number of hydrogen-bond donors (Lipinski definition) is 0. The van der Waals surface area contributed by atoms with Gasteiger partial charge in [0.2, 0.25) is 0 Å². The zero-order valence-electron chi connectivity index (χ0n) is 8.57. The first kappa shape index (κ1) is 12.1. The topological polar surface area (TPSA) is 30.7 Å². The summed E-state index contributed by atoms with van der Waals surface area (Å²) in [4.78, 5) is 1.26. The molecule has 0 radical (unpaired) electrons. The van der Waals surface area contributed by atoms with Crippen LogP contribution < -0.4 is 0 Å². The van der Waals surface area contributed by atoms with Crippen molar-refractivity contribution in [2.24, 2.45) is 0 Å². The van der Waals surface area contributed by atoms with E-state index in [9.17, 15) is 0 Å². The predicted octanol–water partition coefficient (Wildman–Crippen LogP) is 3.32. The van der Waals surface area contributed by atoms with Crippen LogP contribution in [0.25, 0.3) is 0 Å². The zero-order chi connectivity index (χ0) is 11.4. The molecule has 0 unspecified atom stereocenters. The number of thiophene rings is 1. The minimum Gasteiger partial charge on any atom is -0.247 e. The van der Waals surface area contributed by atoms with Gasteiger partial charge >= 0.3 is 0 Å². The van der Waals surface area contributed by atoms with Crippen molar-refractivity contribution in [1.29, 1.82) is 0 Å². The van der Waals surface area contributed by atoms with Crippen molar-refractivity contribution in [3.8, 4) is 0 Å². The highest BCUT2D eigenvalue weighted by Gasteiger charge is 2.03. The van der Waals surface area contributed by atoms with Crippen LogP contribution in [-0.4, -0.2) is 20.9 Å². The number of aromatic nitrogens is 3. The van der Waals surface area contributed by atoms with E-state index in [2.05, 4.69) is 37.7 Å². The molecule has 0 aromatic carbocycles. The Morgan fingerprint density at radius 1 is 1.50 bits per heavy atom. The molecular formula is C10H11BrClN3S. The molecule has 0 aliphatic rings. The SMILES string of the molecule is ClCCCc1cn(Cc2cc(Br)cs2)nn1. The Labute approximate surface area is 112 Å². The smallest absolute Gasteiger partial charge is 0.0827 e. The second-order valence-corrected chi connectivity index (χ2v) is 5.72. The van der Waals surface area contributed by atoms with Crippen LogP contribution >= 0.6 is 38.9 Å². The van der Waals surface area contributed by atoms with Crippen LogP contribution in [-0.2, 0) is 13.0 Å². The third kappa shape index (κ3) is 3.30. The summed E-state index contributed by atoms with van der Waals surface area (Å²) >= 11 is 10.8. The molecule has 0 bridgehead atoms.